The molecule has 5 heteroatoms. The second kappa shape index (κ2) is 6.11. The zero-order chi connectivity index (χ0) is 14.0. The molecular weight excluding hydrogens is 382 g/mol. The van der Waals surface area contributed by atoms with Crippen molar-refractivity contribution in [2.45, 2.75) is 12.5 Å². The van der Waals surface area contributed by atoms with Crippen LogP contribution in [0.5, 0.6) is 0 Å². The van der Waals surface area contributed by atoms with E-state index in [9.17, 15) is 13.9 Å². The van der Waals surface area contributed by atoms with Crippen molar-refractivity contribution in [3.8, 4) is 0 Å². The van der Waals surface area contributed by atoms with Gasteiger partial charge in [-0.25, -0.2) is 8.78 Å². The van der Waals surface area contributed by atoms with Gasteiger partial charge in [0.25, 0.3) is 0 Å². The van der Waals surface area contributed by atoms with E-state index in [4.69, 9.17) is 0 Å². The third-order valence-electron chi connectivity index (χ3n) is 2.78. The second-order valence-corrected chi connectivity index (χ2v) is 5.72. The van der Waals surface area contributed by atoms with Crippen LogP contribution in [0.2, 0.25) is 0 Å². The Morgan fingerprint density at radius 2 is 1.63 bits per heavy atom. The van der Waals surface area contributed by atoms with E-state index in [1.54, 1.807) is 24.3 Å². The van der Waals surface area contributed by atoms with Crippen LogP contribution in [0.25, 0.3) is 0 Å². The van der Waals surface area contributed by atoms with Gasteiger partial charge >= 0.3 is 0 Å². The average Bonchev–Trinajstić information content (AvgIpc) is 2.35. The van der Waals surface area contributed by atoms with Crippen LogP contribution in [-0.4, -0.2) is 5.11 Å². The van der Waals surface area contributed by atoms with Gasteiger partial charge in [0.15, 0.2) is 0 Å². The molecule has 0 fully saturated rings. The van der Waals surface area contributed by atoms with Crippen molar-refractivity contribution < 1.29 is 13.9 Å². The van der Waals surface area contributed by atoms with Gasteiger partial charge in [0.05, 0.1) is 10.6 Å². The van der Waals surface area contributed by atoms with E-state index >= 15 is 0 Å². The molecule has 0 radical (unpaired) electrons. The number of hydrogen-bond acceptors (Lipinski definition) is 1. The van der Waals surface area contributed by atoms with Gasteiger partial charge in [-0.1, -0.05) is 34.1 Å². The summed E-state index contributed by atoms with van der Waals surface area (Å²) in [6.45, 7) is 0. The normalized spacial score (nSPS) is 12.5. The van der Waals surface area contributed by atoms with Crippen molar-refractivity contribution in [2.24, 2.45) is 0 Å². The summed E-state index contributed by atoms with van der Waals surface area (Å²) in [5, 5.41) is 10.1. The van der Waals surface area contributed by atoms with Gasteiger partial charge in [-0.3, -0.25) is 0 Å². The third kappa shape index (κ3) is 3.22. The first-order valence-corrected chi connectivity index (χ1v) is 7.14. The van der Waals surface area contributed by atoms with Gasteiger partial charge in [-0.05, 0) is 39.7 Å². The van der Waals surface area contributed by atoms with E-state index in [0.29, 0.717) is 14.5 Å². The van der Waals surface area contributed by atoms with Gasteiger partial charge in [0.2, 0.25) is 0 Å². The van der Waals surface area contributed by atoms with Crippen LogP contribution in [0.4, 0.5) is 8.78 Å². The molecule has 0 bridgehead atoms. The van der Waals surface area contributed by atoms with Crippen molar-refractivity contribution in [3.63, 3.8) is 0 Å². The predicted molar refractivity (Wildman–Crippen MR) is 76.9 cm³/mol. The SMILES string of the molecule is OC(Cc1cccc(F)c1Br)c1c(F)cccc1Br. The molecule has 2 aromatic rings. The molecule has 1 atom stereocenters. The van der Waals surface area contributed by atoms with Crippen LogP contribution in [0, 0.1) is 11.6 Å². The molecule has 2 rings (SSSR count). The molecule has 0 aliphatic rings. The van der Waals surface area contributed by atoms with E-state index in [1.807, 2.05) is 0 Å². The lowest BCUT2D eigenvalue weighted by Gasteiger charge is -2.15. The predicted octanol–water partition coefficient (Wildman–Crippen LogP) is 4.77. The summed E-state index contributed by atoms with van der Waals surface area (Å²) in [7, 11) is 0. The maximum absolute atomic E-state index is 13.7. The number of aliphatic hydroxyl groups is 1. The van der Waals surface area contributed by atoms with Gasteiger partial charge in [-0.2, -0.15) is 0 Å². The van der Waals surface area contributed by atoms with Gasteiger partial charge < -0.3 is 5.11 Å². The minimum atomic E-state index is -1.05. The molecule has 0 saturated heterocycles. The van der Waals surface area contributed by atoms with Crippen LogP contribution < -0.4 is 0 Å². The maximum atomic E-state index is 13.7. The minimum Gasteiger partial charge on any atom is -0.388 e. The topological polar surface area (TPSA) is 20.2 Å². The number of aliphatic hydroxyl groups excluding tert-OH is 1. The highest BCUT2D eigenvalue weighted by atomic mass is 79.9. The average molecular weight is 392 g/mol. The molecule has 1 nitrogen and oxygen atoms in total. The highest BCUT2D eigenvalue weighted by Crippen LogP contribution is 2.31. The van der Waals surface area contributed by atoms with E-state index in [0.717, 1.165) is 0 Å². The Kier molecular flexibility index (Phi) is 4.71. The van der Waals surface area contributed by atoms with Gasteiger partial charge in [0.1, 0.15) is 11.6 Å². The number of hydrogen-bond donors (Lipinski definition) is 1. The fraction of sp³-hybridized carbons (Fsp3) is 0.143. The molecule has 100 valence electrons. The van der Waals surface area contributed by atoms with Crippen molar-refractivity contribution in [1.29, 1.82) is 0 Å². The van der Waals surface area contributed by atoms with Gasteiger partial charge in [-0.15, -0.1) is 0 Å². The van der Waals surface area contributed by atoms with Crippen molar-refractivity contribution in [3.05, 3.63) is 68.1 Å². The summed E-state index contributed by atoms with van der Waals surface area (Å²) in [5.41, 5.74) is 0.765. The second-order valence-electron chi connectivity index (χ2n) is 4.07. The molecule has 0 heterocycles. The smallest absolute Gasteiger partial charge is 0.137 e. The zero-order valence-corrected chi connectivity index (χ0v) is 12.9. The molecule has 0 amide bonds. The minimum absolute atomic E-state index is 0.123. The summed E-state index contributed by atoms with van der Waals surface area (Å²) in [5.74, 6) is -0.897. The summed E-state index contributed by atoms with van der Waals surface area (Å²) in [4.78, 5) is 0. The van der Waals surface area contributed by atoms with Crippen LogP contribution in [0.15, 0.2) is 45.3 Å². The highest BCUT2D eigenvalue weighted by Gasteiger charge is 2.18. The van der Waals surface area contributed by atoms with Crippen molar-refractivity contribution in [2.75, 3.05) is 0 Å². The van der Waals surface area contributed by atoms with Gasteiger partial charge in [0, 0.05) is 16.5 Å². The molecule has 0 aliphatic carbocycles. The number of rotatable bonds is 3. The lowest BCUT2D eigenvalue weighted by atomic mass is 10.0. The summed E-state index contributed by atoms with van der Waals surface area (Å²) in [6.07, 6.45) is -0.925. The fourth-order valence-electron chi connectivity index (χ4n) is 1.85. The molecule has 1 N–H and O–H groups in total. The highest BCUT2D eigenvalue weighted by molar-refractivity contribution is 9.10. The van der Waals surface area contributed by atoms with Crippen molar-refractivity contribution in [1.82, 2.24) is 0 Å². The van der Waals surface area contributed by atoms with E-state index in [2.05, 4.69) is 31.9 Å². The standard InChI is InChI=1S/C14H10Br2F2O/c15-9-4-2-5-10(17)13(9)12(19)7-8-3-1-6-11(18)14(8)16/h1-6,12,19H,7H2. The summed E-state index contributed by atoms with van der Waals surface area (Å²) in [6, 6.07) is 9.04. The van der Waals surface area contributed by atoms with Crippen LogP contribution in [0.1, 0.15) is 17.2 Å². The monoisotopic (exact) mass is 390 g/mol. The number of halogens is 4. The molecule has 0 spiro atoms. The molecular formula is C14H10Br2F2O. The lowest BCUT2D eigenvalue weighted by Crippen LogP contribution is -2.06. The fourth-order valence-corrected chi connectivity index (χ4v) is 2.88. The lowest BCUT2D eigenvalue weighted by molar-refractivity contribution is 0.172. The van der Waals surface area contributed by atoms with Crippen LogP contribution in [0.3, 0.4) is 0 Å². The molecule has 2 aromatic carbocycles. The first-order chi connectivity index (χ1) is 9.00. The maximum Gasteiger partial charge on any atom is 0.137 e. The first-order valence-electron chi connectivity index (χ1n) is 5.55. The molecule has 0 aliphatic heterocycles. The van der Waals surface area contributed by atoms with Crippen LogP contribution >= 0.6 is 31.9 Å². The Bertz CT molecular complexity index is 582. The Morgan fingerprint density at radius 1 is 1.00 bits per heavy atom. The largest absolute Gasteiger partial charge is 0.388 e. The first kappa shape index (κ1) is 14.6. The zero-order valence-electron chi connectivity index (χ0n) is 9.71. The Hall–Kier alpha value is -0.780. The quantitative estimate of drug-likeness (QED) is 0.799. The Labute approximate surface area is 126 Å². The molecule has 19 heavy (non-hydrogen) atoms. The Morgan fingerprint density at radius 3 is 2.32 bits per heavy atom. The van der Waals surface area contributed by atoms with Crippen molar-refractivity contribution >= 4 is 31.9 Å². The summed E-state index contributed by atoms with van der Waals surface area (Å²) < 4.78 is 27.9. The van der Waals surface area contributed by atoms with Crippen LogP contribution in [-0.2, 0) is 6.42 Å². The number of benzene rings is 2. The molecule has 1 unspecified atom stereocenters. The molecule has 0 aromatic heterocycles. The van der Waals surface area contributed by atoms with E-state index in [1.165, 1.54) is 12.1 Å². The summed E-state index contributed by atoms with van der Waals surface area (Å²) >= 11 is 6.33. The van der Waals surface area contributed by atoms with E-state index in [-0.39, 0.29) is 12.0 Å². The third-order valence-corrected chi connectivity index (χ3v) is 4.36. The molecule has 0 saturated carbocycles. The Balaban J connectivity index is 2.31. The van der Waals surface area contributed by atoms with E-state index < -0.39 is 17.7 Å².